The smallest absolute Gasteiger partial charge is 0.159 e. The van der Waals surface area contributed by atoms with E-state index in [1.807, 2.05) is 30.3 Å². The van der Waals surface area contributed by atoms with Crippen molar-refractivity contribution in [2.75, 3.05) is 9.80 Å². The molecule has 2 heterocycles. The molecule has 0 unspecified atom stereocenters. The highest BCUT2D eigenvalue weighted by atomic mass is 32.2. The van der Waals surface area contributed by atoms with Gasteiger partial charge in [0.2, 0.25) is 0 Å². The van der Waals surface area contributed by atoms with Crippen molar-refractivity contribution >= 4 is 67.8 Å². The number of anilines is 6. The fourth-order valence-corrected chi connectivity index (χ4v) is 7.42. The Kier molecular flexibility index (Phi) is 6.69. The Morgan fingerprint density at radius 3 is 1.70 bits per heavy atom. The summed E-state index contributed by atoms with van der Waals surface area (Å²) < 4.78 is 13.3. The van der Waals surface area contributed by atoms with Crippen LogP contribution in [0, 0.1) is 0 Å². The maximum atomic E-state index is 6.74. The summed E-state index contributed by atoms with van der Waals surface area (Å²) in [5, 5.41) is 2.17. The summed E-state index contributed by atoms with van der Waals surface area (Å²) in [6.07, 6.45) is 0. The van der Waals surface area contributed by atoms with Gasteiger partial charge in [-0.3, -0.25) is 0 Å². The summed E-state index contributed by atoms with van der Waals surface area (Å²) in [4.78, 5) is 6.73. The third-order valence-corrected chi connectivity index (χ3v) is 9.64. The van der Waals surface area contributed by atoms with Gasteiger partial charge in [-0.2, -0.15) is 0 Å². The molecule has 0 spiro atoms. The monoisotopic (exact) mass is 624 g/mol. The molecular formula is C42H28N2O2S. The number of benzene rings is 7. The van der Waals surface area contributed by atoms with Crippen LogP contribution in [0.2, 0.25) is 0 Å². The molecule has 0 atom stereocenters. The molecule has 0 N–H and O–H groups in total. The highest BCUT2D eigenvalue weighted by Crippen LogP contribution is 2.56. The average Bonchev–Trinajstić information content (AvgIpc) is 3.52. The fourth-order valence-electron chi connectivity index (χ4n) is 6.39. The van der Waals surface area contributed by atoms with Gasteiger partial charge in [0.1, 0.15) is 17.1 Å². The molecule has 7 aromatic carbocycles. The predicted molar refractivity (Wildman–Crippen MR) is 194 cm³/mol. The number of para-hydroxylation sites is 6. The largest absolute Gasteiger partial charge is 0.455 e. The minimum Gasteiger partial charge on any atom is -0.455 e. The first-order valence-corrected chi connectivity index (χ1v) is 16.4. The van der Waals surface area contributed by atoms with Gasteiger partial charge in [-0.1, -0.05) is 109 Å². The zero-order valence-electron chi connectivity index (χ0n) is 25.3. The Bertz CT molecular complexity index is 2330. The molecule has 1 aliphatic rings. The number of furan rings is 1. The zero-order valence-corrected chi connectivity index (χ0v) is 26.1. The number of hydrogen-bond donors (Lipinski definition) is 0. The van der Waals surface area contributed by atoms with Crippen molar-refractivity contribution < 1.29 is 9.15 Å². The van der Waals surface area contributed by atoms with E-state index in [9.17, 15) is 0 Å². The summed E-state index contributed by atoms with van der Waals surface area (Å²) >= 11 is 1.74. The van der Waals surface area contributed by atoms with Crippen LogP contribution in [-0.4, -0.2) is 0 Å². The van der Waals surface area contributed by atoms with Crippen molar-refractivity contribution in [2.45, 2.75) is 9.79 Å². The molecule has 0 fully saturated rings. The van der Waals surface area contributed by atoms with Gasteiger partial charge >= 0.3 is 0 Å². The molecule has 4 nitrogen and oxygen atoms in total. The number of nitrogens with zero attached hydrogens (tertiary/aromatic N) is 2. The molecule has 0 saturated carbocycles. The van der Waals surface area contributed by atoms with E-state index >= 15 is 0 Å². The third kappa shape index (κ3) is 4.80. The normalized spacial score (nSPS) is 11.9. The lowest BCUT2D eigenvalue weighted by atomic mass is 10.1. The van der Waals surface area contributed by atoms with E-state index in [1.165, 1.54) is 0 Å². The Labute approximate surface area is 277 Å². The fraction of sp³-hybridized carbons (Fsp3) is 0. The van der Waals surface area contributed by atoms with Crippen LogP contribution in [0.5, 0.6) is 11.5 Å². The van der Waals surface area contributed by atoms with Crippen LogP contribution in [0.4, 0.5) is 34.1 Å². The molecule has 1 aliphatic heterocycles. The summed E-state index contributed by atoms with van der Waals surface area (Å²) in [6.45, 7) is 0. The van der Waals surface area contributed by atoms with Crippen molar-refractivity contribution in [2.24, 2.45) is 0 Å². The standard InChI is InChI=1S/C42H28N2O2S/c1-4-15-29(16-5-1)43(30-17-6-2-7-18-30)36-27-32(28-39-42(36)47-40-26-13-12-25-38(40)45-39)44(31-19-8-3-9-20-31)35-23-14-22-34-33-21-10-11-24-37(33)46-41(34)35/h1-28H. The van der Waals surface area contributed by atoms with Crippen molar-refractivity contribution in [1.82, 2.24) is 0 Å². The molecule has 0 amide bonds. The Balaban J connectivity index is 1.34. The van der Waals surface area contributed by atoms with Crippen molar-refractivity contribution in [3.8, 4) is 11.5 Å². The number of fused-ring (bicyclic) bond motifs is 5. The number of hydrogen-bond acceptors (Lipinski definition) is 5. The second kappa shape index (κ2) is 11.5. The van der Waals surface area contributed by atoms with E-state index in [0.29, 0.717) is 0 Å². The quantitative estimate of drug-likeness (QED) is 0.184. The summed E-state index contributed by atoms with van der Waals surface area (Å²) in [5.41, 5.74) is 7.75. The molecule has 1 aromatic heterocycles. The lowest BCUT2D eigenvalue weighted by Crippen LogP contribution is -2.15. The Morgan fingerprint density at radius 1 is 0.426 bits per heavy atom. The van der Waals surface area contributed by atoms with E-state index in [2.05, 4.69) is 149 Å². The van der Waals surface area contributed by atoms with Crippen LogP contribution in [0.25, 0.3) is 21.9 Å². The van der Waals surface area contributed by atoms with Crippen LogP contribution in [-0.2, 0) is 0 Å². The van der Waals surface area contributed by atoms with Gasteiger partial charge in [-0.15, -0.1) is 0 Å². The molecule has 0 saturated heterocycles. The highest BCUT2D eigenvalue weighted by molar-refractivity contribution is 7.99. The molecule has 0 bridgehead atoms. The first kappa shape index (κ1) is 27.4. The molecule has 0 aliphatic carbocycles. The highest BCUT2D eigenvalue weighted by Gasteiger charge is 2.29. The van der Waals surface area contributed by atoms with Gasteiger partial charge < -0.3 is 19.0 Å². The van der Waals surface area contributed by atoms with Gasteiger partial charge in [0.25, 0.3) is 0 Å². The van der Waals surface area contributed by atoms with Gasteiger partial charge in [-0.05, 0) is 66.7 Å². The first-order chi connectivity index (χ1) is 23.3. The third-order valence-electron chi connectivity index (χ3n) is 8.47. The minimum absolute atomic E-state index is 0.802. The van der Waals surface area contributed by atoms with Gasteiger partial charge in [-0.25, -0.2) is 0 Å². The maximum absolute atomic E-state index is 6.74. The van der Waals surface area contributed by atoms with E-state index in [-0.39, 0.29) is 0 Å². The van der Waals surface area contributed by atoms with Crippen LogP contribution in [0.15, 0.2) is 184 Å². The van der Waals surface area contributed by atoms with Gasteiger partial charge in [0, 0.05) is 33.9 Å². The van der Waals surface area contributed by atoms with Crippen LogP contribution in [0.1, 0.15) is 0 Å². The molecular weight excluding hydrogens is 597 g/mol. The lowest BCUT2D eigenvalue weighted by Gasteiger charge is -2.33. The Morgan fingerprint density at radius 2 is 1.00 bits per heavy atom. The number of rotatable bonds is 6. The SMILES string of the molecule is c1ccc(N(c2ccccc2)c2cc(N(c3ccccc3)c3cccc4c3oc3ccccc34)cc3c2Sc2ccccc2O3)cc1. The van der Waals surface area contributed by atoms with E-state index in [1.54, 1.807) is 11.8 Å². The molecule has 0 radical (unpaired) electrons. The van der Waals surface area contributed by atoms with Crippen molar-refractivity contribution in [1.29, 1.82) is 0 Å². The topological polar surface area (TPSA) is 28.9 Å². The summed E-state index contributed by atoms with van der Waals surface area (Å²) in [5.74, 6) is 1.65. The van der Waals surface area contributed by atoms with Crippen LogP contribution < -0.4 is 14.5 Å². The molecule has 9 rings (SSSR count). The zero-order chi connectivity index (χ0) is 31.2. The van der Waals surface area contributed by atoms with E-state index in [0.717, 1.165) is 77.4 Å². The van der Waals surface area contributed by atoms with E-state index < -0.39 is 0 Å². The molecule has 224 valence electrons. The van der Waals surface area contributed by atoms with Crippen LogP contribution >= 0.6 is 11.8 Å². The lowest BCUT2D eigenvalue weighted by molar-refractivity contribution is 0.455. The van der Waals surface area contributed by atoms with Crippen molar-refractivity contribution in [3.63, 3.8) is 0 Å². The second-order valence-corrected chi connectivity index (χ2v) is 12.4. The van der Waals surface area contributed by atoms with Gasteiger partial charge in [0.15, 0.2) is 5.58 Å². The van der Waals surface area contributed by atoms with Crippen LogP contribution in [0.3, 0.4) is 0 Å². The molecule has 47 heavy (non-hydrogen) atoms. The van der Waals surface area contributed by atoms with E-state index in [4.69, 9.17) is 9.15 Å². The minimum atomic E-state index is 0.802. The summed E-state index contributed by atoms with van der Waals surface area (Å²) in [6, 6.07) is 58.8. The van der Waals surface area contributed by atoms with Gasteiger partial charge in [0.05, 0.1) is 26.9 Å². The number of ether oxygens (including phenoxy) is 1. The second-order valence-electron chi connectivity index (χ2n) is 11.4. The predicted octanol–water partition coefficient (Wildman–Crippen LogP) is 12.8. The Hall–Kier alpha value is -5.91. The molecule has 5 heteroatoms. The first-order valence-electron chi connectivity index (χ1n) is 15.6. The average molecular weight is 625 g/mol. The van der Waals surface area contributed by atoms with Crippen molar-refractivity contribution in [3.05, 3.63) is 170 Å². The molecule has 8 aromatic rings. The summed E-state index contributed by atoms with van der Waals surface area (Å²) in [7, 11) is 0. The maximum Gasteiger partial charge on any atom is 0.159 e.